The molecule has 2 fully saturated rings. The molecule has 2 aromatic rings. The summed E-state index contributed by atoms with van der Waals surface area (Å²) in [6.07, 6.45) is 11.2. The van der Waals surface area contributed by atoms with Crippen molar-refractivity contribution in [1.29, 1.82) is 0 Å². The van der Waals surface area contributed by atoms with Crippen LogP contribution in [0.1, 0.15) is 64.2 Å². The lowest BCUT2D eigenvalue weighted by molar-refractivity contribution is -0.118. The summed E-state index contributed by atoms with van der Waals surface area (Å²) in [5, 5.41) is 20.3. The number of azo groups is 1. The molecule has 0 bridgehead atoms. The molecule has 1 aliphatic heterocycles. The fraction of sp³-hybridized carbons (Fsp3) is 0.609. The summed E-state index contributed by atoms with van der Waals surface area (Å²) in [4.78, 5) is 14.6. The Morgan fingerprint density at radius 3 is 2.60 bits per heavy atom. The Balaban J connectivity index is 1.52. The van der Waals surface area contributed by atoms with Crippen LogP contribution in [-0.2, 0) is 11.5 Å². The van der Waals surface area contributed by atoms with Crippen LogP contribution in [0.5, 0.6) is 5.88 Å². The van der Waals surface area contributed by atoms with E-state index < -0.39 is 0 Å². The lowest BCUT2D eigenvalue weighted by atomic mass is 9.86. The fourth-order valence-electron chi connectivity index (χ4n) is 4.80. The normalized spacial score (nSPS) is 19.1. The Bertz CT molecular complexity index is 912. The number of amides is 1. The first-order chi connectivity index (χ1) is 14.6. The second kappa shape index (κ2) is 9.92. The van der Waals surface area contributed by atoms with Gasteiger partial charge in [0.15, 0.2) is 5.69 Å². The molecule has 1 N–H and O–H groups in total. The second-order valence-corrected chi connectivity index (χ2v) is 9.15. The van der Waals surface area contributed by atoms with E-state index >= 15 is 0 Å². The number of aromatic hydroxyl groups is 1. The summed E-state index contributed by atoms with van der Waals surface area (Å²) in [6, 6.07) is 5.49. The molecule has 1 saturated heterocycles. The molecule has 1 aromatic carbocycles. The van der Waals surface area contributed by atoms with Crippen LogP contribution < -0.4 is 0 Å². The zero-order valence-corrected chi connectivity index (χ0v) is 18.3. The SMILES string of the molecule is O=C(CCC1CCCCC1)N=Nc1c(O)n(CN2CCCCC2)c2ccc(Cl)cc12. The Kier molecular flexibility index (Phi) is 7.05. The molecule has 162 valence electrons. The summed E-state index contributed by atoms with van der Waals surface area (Å²) in [5.74, 6) is 0.456. The third-order valence-electron chi connectivity index (χ3n) is 6.51. The van der Waals surface area contributed by atoms with Gasteiger partial charge >= 0.3 is 0 Å². The van der Waals surface area contributed by atoms with Crippen LogP contribution in [0.25, 0.3) is 10.9 Å². The van der Waals surface area contributed by atoms with Gasteiger partial charge in [-0.25, -0.2) is 0 Å². The monoisotopic (exact) mass is 430 g/mol. The molecule has 1 aromatic heterocycles. The highest BCUT2D eigenvalue weighted by atomic mass is 35.5. The van der Waals surface area contributed by atoms with Crippen molar-refractivity contribution in [2.45, 2.75) is 70.9 Å². The summed E-state index contributed by atoms with van der Waals surface area (Å²) in [5.41, 5.74) is 1.18. The highest BCUT2D eigenvalue weighted by Crippen LogP contribution is 2.40. The lowest BCUT2D eigenvalue weighted by Crippen LogP contribution is -2.31. The van der Waals surface area contributed by atoms with E-state index in [-0.39, 0.29) is 11.8 Å². The molecule has 1 amide bonds. The molecule has 4 rings (SSSR count). The number of aromatic nitrogens is 1. The number of carbonyl (C=O) groups is 1. The van der Waals surface area contributed by atoms with E-state index in [2.05, 4.69) is 15.1 Å². The molecule has 0 unspecified atom stereocenters. The number of fused-ring (bicyclic) bond motifs is 1. The third-order valence-corrected chi connectivity index (χ3v) is 6.75. The zero-order chi connectivity index (χ0) is 20.9. The number of halogens is 1. The van der Waals surface area contributed by atoms with E-state index in [4.69, 9.17) is 11.6 Å². The minimum Gasteiger partial charge on any atom is -0.493 e. The van der Waals surface area contributed by atoms with Crippen LogP contribution in [0.15, 0.2) is 28.4 Å². The summed E-state index contributed by atoms with van der Waals surface area (Å²) in [6.45, 7) is 2.63. The first-order valence-corrected chi connectivity index (χ1v) is 11.7. The number of piperidine rings is 1. The van der Waals surface area contributed by atoms with Crippen molar-refractivity contribution < 1.29 is 9.90 Å². The first kappa shape index (κ1) is 21.3. The number of nitrogens with zero attached hydrogens (tertiary/aromatic N) is 4. The summed E-state index contributed by atoms with van der Waals surface area (Å²) in [7, 11) is 0. The molecule has 1 aliphatic carbocycles. The van der Waals surface area contributed by atoms with Crippen molar-refractivity contribution in [3.63, 3.8) is 0 Å². The van der Waals surface area contributed by atoms with Crippen LogP contribution in [-0.4, -0.2) is 33.6 Å². The van der Waals surface area contributed by atoms with Gasteiger partial charge in [0.05, 0.1) is 12.2 Å². The average Bonchev–Trinajstić information content (AvgIpc) is 3.02. The molecular weight excluding hydrogens is 400 g/mol. The highest BCUT2D eigenvalue weighted by molar-refractivity contribution is 6.31. The molecule has 2 aliphatic rings. The Labute approximate surface area is 182 Å². The molecule has 6 nitrogen and oxygen atoms in total. The minimum absolute atomic E-state index is 0.0432. The van der Waals surface area contributed by atoms with Crippen LogP contribution in [0.2, 0.25) is 5.02 Å². The number of likely N-dealkylation sites (tertiary alicyclic amines) is 1. The zero-order valence-electron chi connectivity index (χ0n) is 17.5. The molecule has 30 heavy (non-hydrogen) atoms. The Morgan fingerprint density at radius 1 is 1.10 bits per heavy atom. The van der Waals surface area contributed by atoms with Crippen LogP contribution in [0.3, 0.4) is 0 Å². The maximum atomic E-state index is 12.3. The fourth-order valence-corrected chi connectivity index (χ4v) is 4.97. The number of rotatable bonds is 6. The van der Waals surface area contributed by atoms with Crippen molar-refractivity contribution in [2.24, 2.45) is 16.1 Å². The second-order valence-electron chi connectivity index (χ2n) is 8.72. The number of carbonyl (C=O) groups excluding carboxylic acids is 1. The van der Waals surface area contributed by atoms with Crippen molar-refractivity contribution in [1.82, 2.24) is 9.47 Å². The lowest BCUT2D eigenvalue weighted by Gasteiger charge is -2.27. The van der Waals surface area contributed by atoms with Gasteiger partial charge in [-0.15, -0.1) is 10.2 Å². The molecule has 0 atom stereocenters. The smallest absolute Gasteiger partial charge is 0.264 e. The van der Waals surface area contributed by atoms with E-state index in [9.17, 15) is 9.90 Å². The van der Waals surface area contributed by atoms with Gasteiger partial charge in [-0.3, -0.25) is 14.3 Å². The number of hydrogen-bond acceptors (Lipinski definition) is 4. The third kappa shape index (κ3) is 5.03. The molecule has 2 heterocycles. The first-order valence-electron chi connectivity index (χ1n) is 11.3. The number of hydrogen-bond donors (Lipinski definition) is 1. The quantitative estimate of drug-likeness (QED) is 0.538. The van der Waals surface area contributed by atoms with Crippen molar-refractivity contribution in [2.75, 3.05) is 13.1 Å². The highest BCUT2D eigenvalue weighted by Gasteiger charge is 2.20. The van der Waals surface area contributed by atoms with E-state index in [0.29, 0.717) is 29.7 Å². The maximum Gasteiger partial charge on any atom is 0.264 e. The Morgan fingerprint density at radius 2 is 1.83 bits per heavy atom. The van der Waals surface area contributed by atoms with Gasteiger partial charge in [-0.05, 0) is 56.5 Å². The van der Waals surface area contributed by atoms with E-state index in [1.807, 2.05) is 16.7 Å². The van der Waals surface area contributed by atoms with Gasteiger partial charge in [0.1, 0.15) is 0 Å². The van der Waals surface area contributed by atoms with Crippen molar-refractivity contribution in [3.8, 4) is 5.88 Å². The van der Waals surface area contributed by atoms with Gasteiger partial charge in [0, 0.05) is 16.8 Å². The van der Waals surface area contributed by atoms with Gasteiger partial charge < -0.3 is 5.11 Å². The predicted octanol–water partition coefficient (Wildman–Crippen LogP) is 6.41. The topological polar surface area (TPSA) is 70.2 Å². The molecular formula is C23H31ClN4O2. The van der Waals surface area contributed by atoms with Crippen LogP contribution in [0.4, 0.5) is 5.69 Å². The summed E-state index contributed by atoms with van der Waals surface area (Å²) >= 11 is 6.20. The minimum atomic E-state index is -0.223. The molecule has 0 spiro atoms. The van der Waals surface area contributed by atoms with Crippen molar-refractivity contribution in [3.05, 3.63) is 23.2 Å². The van der Waals surface area contributed by atoms with Gasteiger partial charge in [-0.1, -0.05) is 50.1 Å². The van der Waals surface area contributed by atoms with Crippen LogP contribution in [0, 0.1) is 5.92 Å². The predicted molar refractivity (Wildman–Crippen MR) is 119 cm³/mol. The van der Waals surface area contributed by atoms with Gasteiger partial charge in [0.25, 0.3) is 5.91 Å². The average molecular weight is 431 g/mol. The van der Waals surface area contributed by atoms with Gasteiger partial charge in [-0.2, -0.15) is 0 Å². The van der Waals surface area contributed by atoms with E-state index in [0.717, 1.165) is 30.4 Å². The van der Waals surface area contributed by atoms with Gasteiger partial charge in [0.2, 0.25) is 5.88 Å². The Hall–Kier alpha value is -1.92. The van der Waals surface area contributed by atoms with Crippen molar-refractivity contribution >= 4 is 34.1 Å². The molecule has 7 heteroatoms. The molecule has 0 radical (unpaired) electrons. The maximum absolute atomic E-state index is 12.3. The number of benzene rings is 1. The van der Waals surface area contributed by atoms with E-state index in [1.54, 1.807) is 6.07 Å². The van der Waals surface area contributed by atoms with E-state index in [1.165, 1.54) is 51.4 Å². The molecule has 1 saturated carbocycles. The summed E-state index contributed by atoms with van der Waals surface area (Å²) < 4.78 is 1.85. The standard InChI is InChI=1S/C23H31ClN4O2/c24-18-10-11-20-19(15-18)22(23(30)28(20)16-27-13-5-2-6-14-27)26-25-21(29)12-9-17-7-3-1-4-8-17/h10-11,15,17,30H,1-9,12-14,16H2. The van der Waals surface area contributed by atoms with Crippen LogP contribution >= 0.6 is 11.6 Å². The largest absolute Gasteiger partial charge is 0.493 e.